The number of hydrogen-bond donors (Lipinski definition) is 1. The third-order valence-corrected chi connectivity index (χ3v) is 3.65. The van der Waals surface area contributed by atoms with Gasteiger partial charge in [-0.05, 0) is 38.6 Å². The Morgan fingerprint density at radius 2 is 2.10 bits per heavy atom. The van der Waals surface area contributed by atoms with E-state index in [-0.39, 0.29) is 0 Å². The molecule has 3 rings (SSSR count). The maximum atomic E-state index is 4.28. The smallest absolute Gasteiger partial charge is 0.0951 e. The zero-order chi connectivity index (χ0) is 13.9. The maximum Gasteiger partial charge on any atom is 0.0951 e. The lowest BCUT2D eigenvalue weighted by molar-refractivity contribution is 0.403. The van der Waals surface area contributed by atoms with Gasteiger partial charge >= 0.3 is 0 Å². The van der Waals surface area contributed by atoms with Gasteiger partial charge in [-0.2, -0.15) is 0 Å². The van der Waals surface area contributed by atoms with Gasteiger partial charge in [0.15, 0.2) is 0 Å². The van der Waals surface area contributed by atoms with Gasteiger partial charge in [0, 0.05) is 24.5 Å². The molecule has 0 bridgehead atoms. The Bertz CT molecular complexity index is 569. The van der Waals surface area contributed by atoms with E-state index in [2.05, 4.69) is 58.1 Å². The number of benzene rings is 1. The van der Waals surface area contributed by atoms with Crippen LogP contribution in [0.1, 0.15) is 30.1 Å². The largest absolute Gasteiger partial charge is 0.379 e. The first-order chi connectivity index (χ1) is 9.74. The number of nitrogens with one attached hydrogen (secondary N) is 1. The van der Waals surface area contributed by atoms with Gasteiger partial charge in [0.2, 0.25) is 0 Å². The molecule has 0 spiro atoms. The van der Waals surface area contributed by atoms with E-state index in [4.69, 9.17) is 0 Å². The van der Waals surface area contributed by atoms with E-state index < -0.39 is 0 Å². The molecule has 0 aliphatic heterocycles. The van der Waals surface area contributed by atoms with Crippen LogP contribution in [-0.4, -0.2) is 28.5 Å². The summed E-state index contributed by atoms with van der Waals surface area (Å²) in [5.74, 6) is 0. The Labute approximate surface area is 120 Å². The second-order valence-corrected chi connectivity index (χ2v) is 5.77. The number of aromatic nitrogens is 2. The molecule has 0 saturated heterocycles. The van der Waals surface area contributed by atoms with E-state index in [0.717, 1.165) is 13.1 Å². The van der Waals surface area contributed by atoms with Gasteiger partial charge in [-0.3, -0.25) is 0 Å². The standard InChI is InChI=1S/C16H22N4/c1-19(2)11-13-5-3-4-6-16(13)18-10-15-9-17-12-20(15)14-7-8-14/h3-6,9,12,14,18H,7-8,10-11H2,1-2H3. The molecular weight excluding hydrogens is 248 g/mol. The molecule has 0 atom stereocenters. The molecule has 1 aromatic carbocycles. The predicted molar refractivity (Wildman–Crippen MR) is 81.7 cm³/mol. The summed E-state index contributed by atoms with van der Waals surface area (Å²) in [6.07, 6.45) is 6.52. The molecular formula is C16H22N4. The van der Waals surface area contributed by atoms with E-state index in [1.54, 1.807) is 0 Å². The molecule has 0 amide bonds. The highest BCUT2D eigenvalue weighted by molar-refractivity contribution is 5.51. The first-order valence-corrected chi connectivity index (χ1v) is 7.21. The second kappa shape index (κ2) is 5.67. The van der Waals surface area contributed by atoms with Crippen molar-refractivity contribution in [1.82, 2.24) is 14.5 Å². The molecule has 20 heavy (non-hydrogen) atoms. The van der Waals surface area contributed by atoms with Gasteiger partial charge in [0.05, 0.1) is 18.6 Å². The summed E-state index contributed by atoms with van der Waals surface area (Å²) in [6.45, 7) is 1.78. The number of hydrogen-bond acceptors (Lipinski definition) is 3. The SMILES string of the molecule is CN(C)Cc1ccccc1NCc1cncn1C1CC1. The Morgan fingerprint density at radius 1 is 1.30 bits per heavy atom. The normalized spacial score (nSPS) is 14.8. The summed E-state index contributed by atoms with van der Waals surface area (Å²) < 4.78 is 2.31. The molecule has 106 valence electrons. The highest BCUT2D eigenvalue weighted by atomic mass is 15.1. The van der Waals surface area contributed by atoms with Gasteiger partial charge in [-0.25, -0.2) is 4.98 Å². The van der Waals surface area contributed by atoms with Crippen molar-refractivity contribution in [3.8, 4) is 0 Å². The second-order valence-electron chi connectivity index (χ2n) is 5.77. The average Bonchev–Trinajstić information content (AvgIpc) is 3.16. The highest BCUT2D eigenvalue weighted by Gasteiger charge is 2.24. The van der Waals surface area contributed by atoms with Crippen molar-refractivity contribution < 1.29 is 0 Å². The molecule has 1 aliphatic carbocycles. The van der Waals surface area contributed by atoms with Crippen LogP contribution in [0.4, 0.5) is 5.69 Å². The Morgan fingerprint density at radius 3 is 2.85 bits per heavy atom. The van der Waals surface area contributed by atoms with Crippen LogP contribution in [-0.2, 0) is 13.1 Å². The molecule has 1 heterocycles. The summed E-state index contributed by atoms with van der Waals surface area (Å²) >= 11 is 0. The van der Waals surface area contributed by atoms with Gasteiger partial charge in [0.1, 0.15) is 0 Å². The van der Waals surface area contributed by atoms with Gasteiger partial charge in [-0.15, -0.1) is 0 Å². The van der Waals surface area contributed by atoms with Gasteiger partial charge < -0.3 is 14.8 Å². The zero-order valence-corrected chi connectivity index (χ0v) is 12.2. The predicted octanol–water partition coefficient (Wildman–Crippen LogP) is 2.89. The van der Waals surface area contributed by atoms with Crippen LogP contribution in [0.15, 0.2) is 36.8 Å². The summed E-state index contributed by atoms with van der Waals surface area (Å²) in [4.78, 5) is 6.47. The van der Waals surface area contributed by atoms with Crippen molar-refractivity contribution in [2.75, 3.05) is 19.4 Å². The number of para-hydroxylation sites is 1. The van der Waals surface area contributed by atoms with Crippen LogP contribution in [0.2, 0.25) is 0 Å². The lowest BCUT2D eigenvalue weighted by Crippen LogP contribution is -2.13. The summed E-state index contributed by atoms with van der Waals surface area (Å²) in [7, 11) is 4.19. The summed E-state index contributed by atoms with van der Waals surface area (Å²) in [6, 6.07) is 9.20. The van der Waals surface area contributed by atoms with Crippen molar-refractivity contribution in [2.45, 2.75) is 32.0 Å². The molecule has 1 aromatic heterocycles. The van der Waals surface area contributed by atoms with Gasteiger partial charge in [0.25, 0.3) is 0 Å². The van der Waals surface area contributed by atoms with Crippen molar-refractivity contribution in [3.05, 3.63) is 48.0 Å². The van der Waals surface area contributed by atoms with Crippen molar-refractivity contribution in [1.29, 1.82) is 0 Å². The van der Waals surface area contributed by atoms with E-state index >= 15 is 0 Å². The van der Waals surface area contributed by atoms with E-state index in [1.807, 2.05) is 12.5 Å². The minimum absolute atomic E-state index is 0.686. The highest BCUT2D eigenvalue weighted by Crippen LogP contribution is 2.35. The average molecular weight is 270 g/mol. The summed E-state index contributed by atoms with van der Waals surface area (Å²) in [5, 5.41) is 3.56. The lowest BCUT2D eigenvalue weighted by atomic mass is 10.1. The Kier molecular flexibility index (Phi) is 3.74. The minimum atomic E-state index is 0.686. The van der Waals surface area contributed by atoms with Crippen molar-refractivity contribution in [3.63, 3.8) is 0 Å². The third kappa shape index (κ3) is 3.02. The first-order valence-electron chi connectivity index (χ1n) is 7.21. The number of rotatable bonds is 6. The molecule has 1 N–H and O–H groups in total. The maximum absolute atomic E-state index is 4.28. The Balaban J connectivity index is 1.70. The van der Waals surface area contributed by atoms with Gasteiger partial charge in [-0.1, -0.05) is 18.2 Å². The van der Waals surface area contributed by atoms with Crippen LogP contribution in [0, 0.1) is 0 Å². The topological polar surface area (TPSA) is 33.1 Å². The van der Waals surface area contributed by atoms with Crippen LogP contribution in [0.5, 0.6) is 0 Å². The van der Waals surface area contributed by atoms with E-state index in [9.17, 15) is 0 Å². The minimum Gasteiger partial charge on any atom is -0.379 e. The Hall–Kier alpha value is -1.81. The molecule has 1 fully saturated rings. The van der Waals surface area contributed by atoms with Crippen LogP contribution >= 0.6 is 0 Å². The first kappa shape index (κ1) is 13.2. The summed E-state index contributed by atoms with van der Waals surface area (Å²) in [5.41, 5.74) is 3.81. The number of imidazole rings is 1. The van der Waals surface area contributed by atoms with Crippen molar-refractivity contribution >= 4 is 5.69 Å². The van der Waals surface area contributed by atoms with Crippen LogP contribution < -0.4 is 5.32 Å². The van der Waals surface area contributed by atoms with Crippen molar-refractivity contribution in [2.24, 2.45) is 0 Å². The third-order valence-electron chi connectivity index (χ3n) is 3.65. The van der Waals surface area contributed by atoms with Crippen LogP contribution in [0.25, 0.3) is 0 Å². The van der Waals surface area contributed by atoms with E-state index in [0.29, 0.717) is 6.04 Å². The molecule has 0 radical (unpaired) electrons. The van der Waals surface area contributed by atoms with E-state index in [1.165, 1.54) is 29.8 Å². The molecule has 1 saturated carbocycles. The lowest BCUT2D eigenvalue weighted by Gasteiger charge is -2.16. The fourth-order valence-electron chi connectivity index (χ4n) is 2.51. The number of nitrogens with zero attached hydrogens (tertiary/aromatic N) is 3. The molecule has 4 heteroatoms. The fraction of sp³-hybridized carbons (Fsp3) is 0.438. The number of anilines is 1. The fourth-order valence-corrected chi connectivity index (χ4v) is 2.51. The monoisotopic (exact) mass is 270 g/mol. The molecule has 2 aromatic rings. The zero-order valence-electron chi connectivity index (χ0n) is 12.2. The molecule has 1 aliphatic rings. The quantitative estimate of drug-likeness (QED) is 0.876. The molecule has 4 nitrogen and oxygen atoms in total. The van der Waals surface area contributed by atoms with Crippen LogP contribution in [0.3, 0.4) is 0 Å². The molecule has 0 unspecified atom stereocenters.